The zero-order chi connectivity index (χ0) is 15.4. The summed E-state index contributed by atoms with van der Waals surface area (Å²) in [7, 11) is 3.05. The van der Waals surface area contributed by atoms with E-state index in [0.29, 0.717) is 17.1 Å². The molecule has 0 aliphatic carbocycles. The van der Waals surface area contributed by atoms with Gasteiger partial charge in [-0.05, 0) is 23.8 Å². The Morgan fingerprint density at radius 1 is 1.05 bits per heavy atom. The van der Waals surface area contributed by atoms with Gasteiger partial charge in [0.15, 0.2) is 11.5 Å². The second kappa shape index (κ2) is 6.22. The van der Waals surface area contributed by atoms with Gasteiger partial charge in [0.05, 0.1) is 14.2 Å². The normalized spacial score (nSPS) is 11.7. The van der Waals surface area contributed by atoms with Gasteiger partial charge in [-0.3, -0.25) is 0 Å². The van der Waals surface area contributed by atoms with Gasteiger partial charge < -0.3 is 19.7 Å². The van der Waals surface area contributed by atoms with Gasteiger partial charge in [-0.2, -0.15) is 0 Å². The quantitative estimate of drug-likeness (QED) is 0.827. The number of hydrogen-bond donors (Lipinski definition) is 2. The molecule has 0 aromatic heterocycles. The highest BCUT2D eigenvalue weighted by molar-refractivity contribution is 5.54. The molecule has 1 atom stereocenters. The standard InChI is InChI=1S/C17H18O4/c1-4-13(11-6-5-7-12(18)8-11)14-9-16(20-2)17(21-3)10-15(14)19/h4-10,13,18-19H,1H2,2-3H3/t13-/m0/s1. The van der Waals surface area contributed by atoms with Gasteiger partial charge in [0.1, 0.15) is 11.5 Å². The molecule has 0 aliphatic heterocycles. The molecule has 0 radical (unpaired) electrons. The Hall–Kier alpha value is -2.62. The molecule has 2 rings (SSSR count). The van der Waals surface area contributed by atoms with E-state index in [1.165, 1.54) is 20.3 Å². The lowest BCUT2D eigenvalue weighted by atomic mass is 9.90. The van der Waals surface area contributed by atoms with E-state index in [1.807, 2.05) is 6.07 Å². The van der Waals surface area contributed by atoms with Crippen LogP contribution in [0.2, 0.25) is 0 Å². The Morgan fingerprint density at radius 3 is 2.29 bits per heavy atom. The van der Waals surface area contributed by atoms with E-state index in [4.69, 9.17) is 9.47 Å². The van der Waals surface area contributed by atoms with Crippen LogP contribution in [0.15, 0.2) is 49.1 Å². The van der Waals surface area contributed by atoms with Crippen LogP contribution in [-0.2, 0) is 0 Å². The molecule has 0 unspecified atom stereocenters. The third-order valence-electron chi connectivity index (χ3n) is 3.33. The molecule has 4 nitrogen and oxygen atoms in total. The van der Waals surface area contributed by atoms with Crippen LogP contribution >= 0.6 is 0 Å². The average Bonchev–Trinajstić information content (AvgIpc) is 2.49. The SMILES string of the molecule is C=C[C@@H](c1cccc(O)c1)c1cc(OC)c(OC)cc1O. The van der Waals surface area contributed by atoms with Gasteiger partial charge >= 0.3 is 0 Å². The Bertz CT molecular complexity index is 649. The number of phenolic OH excluding ortho intramolecular Hbond substituents is 2. The van der Waals surface area contributed by atoms with Crippen LogP contribution < -0.4 is 9.47 Å². The largest absolute Gasteiger partial charge is 0.508 e. The number of aromatic hydroxyl groups is 2. The third-order valence-corrected chi connectivity index (χ3v) is 3.33. The van der Waals surface area contributed by atoms with E-state index in [0.717, 1.165) is 5.56 Å². The Balaban J connectivity index is 2.54. The molecule has 2 aromatic rings. The first-order chi connectivity index (χ1) is 10.1. The van der Waals surface area contributed by atoms with Crippen LogP contribution in [0, 0.1) is 0 Å². The van der Waals surface area contributed by atoms with E-state index < -0.39 is 0 Å². The van der Waals surface area contributed by atoms with Crippen molar-refractivity contribution in [1.82, 2.24) is 0 Å². The van der Waals surface area contributed by atoms with E-state index in [-0.39, 0.29) is 17.4 Å². The molecule has 0 heterocycles. The minimum atomic E-state index is -0.267. The van der Waals surface area contributed by atoms with E-state index in [9.17, 15) is 10.2 Å². The summed E-state index contributed by atoms with van der Waals surface area (Å²) >= 11 is 0. The first-order valence-corrected chi connectivity index (χ1v) is 6.47. The van der Waals surface area contributed by atoms with Crippen molar-refractivity contribution in [2.24, 2.45) is 0 Å². The first kappa shape index (κ1) is 14.8. The summed E-state index contributed by atoms with van der Waals surface area (Å²) < 4.78 is 10.4. The maximum atomic E-state index is 10.2. The van der Waals surface area contributed by atoms with Gasteiger partial charge in [0, 0.05) is 17.5 Å². The fourth-order valence-corrected chi connectivity index (χ4v) is 2.29. The molecule has 110 valence electrons. The van der Waals surface area contributed by atoms with Crippen LogP contribution in [0.4, 0.5) is 0 Å². The van der Waals surface area contributed by atoms with E-state index >= 15 is 0 Å². The van der Waals surface area contributed by atoms with Crippen molar-refractivity contribution in [3.63, 3.8) is 0 Å². The Kier molecular flexibility index (Phi) is 4.38. The predicted molar refractivity (Wildman–Crippen MR) is 81.4 cm³/mol. The molecule has 0 fully saturated rings. The summed E-state index contributed by atoms with van der Waals surface area (Å²) in [5.41, 5.74) is 1.46. The summed E-state index contributed by atoms with van der Waals surface area (Å²) in [5.74, 6) is 0.965. The molecule has 0 amide bonds. The zero-order valence-electron chi connectivity index (χ0n) is 12.0. The second-order valence-electron chi connectivity index (χ2n) is 4.57. The van der Waals surface area contributed by atoms with Gasteiger partial charge in [0.2, 0.25) is 0 Å². The zero-order valence-corrected chi connectivity index (χ0v) is 12.0. The molecule has 2 N–H and O–H groups in total. The van der Waals surface area contributed by atoms with Gasteiger partial charge in [0.25, 0.3) is 0 Å². The fraction of sp³-hybridized carbons (Fsp3) is 0.176. The van der Waals surface area contributed by atoms with E-state index in [2.05, 4.69) is 6.58 Å². The van der Waals surface area contributed by atoms with Crippen molar-refractivity contribution in [3.05, 3.63) is 60.2 Å². The molecule has 21 heavy (non-hydrogen) atoms. The van der Waals surface area contributed by atoms with Crippen LogP contribution in [0.3, 0.4) is 0 Å². The molecule has 0 saturated carbocycles. The number of phenols is 2. The van der Waals surface area contributed by atoms with E-state index in [1.54, 1.807) is 30.3 Å². The summed E-state index contributed by atoms with van der Waals surface area (Å²) in [5, 5.41) is 19.8. The topological polar surface area (TPSA) is 58.9 Å². The minimum Gasteiger partial charge on any atom is -0.508 e. The molecule has 0 spiro atoms. The lowest BCUT2D eigenvalue weighted by molar-refractivity contribution is 0.350. The molecule has 0 bridgehead atoms. The monoisotopic (exact) mass is 286 g/mol. The lowest BCUT2D eigenvalue weighted by Crippen LogP contribution is -2.00. The number of ether oxygens (including phenoxy) is 2. The number of allylic oxidation sites excluding steroid dienone is 1. The van der Waals surface area contributed by atoms with Crippen LogP contribution in [0.1, 0.15) is 17.0 Å². The summed E-state index contributed by atoms with van der Waals surface area (Å²) in [6.07, 6.45) is 1.70. The molecule has 0 saturated heterocycles. The number of rotatable bonds is 5. The van der Waals surface area contributed by atoms with Gasteiger partial charge in [-0.1, -0.05) is 18.2 Å². The minimum absolute atomic E-state index is 0.0842. The van der Waals surface area contributed by atoms with Crippen LogP contribution in [-0.4, -0.2) is 24.4 Å². The molecule has 0 aliphatic rings. The van der Waals surface area contributed by atoms with Gasteiger partial charge in [-0.15, -0.1) is 6.58 Å². The molecule has 2 aromatic carbocycles. The molecular formula is C17H18O4. The first-order valence-electron chi connectivity index (χ1n) is 6.47. The maximum absolute atomic E-state index is 10.2. The number of hydrogen-bond acceptors (Lipinski definition) is 4. The average molecular weight is 286 g/mol. The van der Waals surface area contributed by atoms with Crippen molar-refractivity contribution in [1.29, 1.82) is 0 Å². The Labute approximate surface area is 123 Å². The second-order valence-corrected chi connectivity index (χ2v) is 4.57. The summed E-state index contributed by atoms with van der Waals surface area (Å²) in [4.78, 5) is 0. The fourth-order valence-electron chi connectivity index (χ4n) is 2.29. The van der Waals surface area contributed by atoms with Crippen LogP contribution in [0.25, 0.3) is 0 Å². The van der Waals surface area contributed by atoms with Crippen molar-refractivity contribution in [3.8, 4) is 23.0 Å². The molecule has 4 heteroatoms. The van der Waals surface area contributed by atoms with Crippen LogP contribution in [0.5, 0.6) is 23.0 Å². The highest BCUT2D eigenvalue weighted by Crippen LogP contribution is 2.40. The summed E-state index contributed by atoms with van der Waals surface area (Å²) in [6, 6.07) is 10.1. The van der Waals surface area contributed by atoms with Crippen molar-refractivity contribution in [2.75, 3.05) is 14.2 Å². The number of methoxy groups -OCH3 is 2. The number of benzene rings is 2. The molecular weight excluding hydrogens is 268 g/mol. The van der Waals surface area contributed by atoms with Crippen molar-refractivity contribution in [2.45, 2.75) is 5.92 Å². The van der Waals surface area contributed by atoms with Gasteiger partial charge in [-0.25, -0.2) is 0 Å². The highest BCUT2D eigenvalue weighted by Gasteiger charge is 2.18. The highest BCUT2D eigenvalue weighted by atomic mass is 16.5. The lowest BCUT2D eigenvalue weighted by Gasteiger charge is -2.18. The predicted octanol–water partition coefficient (Wildman–Crippen LogP) is 3.43. The third kappa shape index (κ3) is 2.94. The smallest absolute Gasteiger partial charge is 0.164 e. The maximum Gasteiger partial charge on any atom is 0.164 e. The van der Waals surface area contributed by atoms with Crippen molar-refractivity contribution < 1.29 is 19.7 Å². The summed E-state index contributed by atoms with van der Waals surface area (Å²) in [6.45, 7) is 3.82. The Morgan fingerprint density at radius 2 is 1.71 bits per heavy atom. The van der Waals surface area contributed by atoms with Crippen molar-refractivity contribution >= 4 is 0 Å².